The van der Waals surface area contributed by atoms with E-state index < -0.39 is 0 Å². The SMILES string of the molecule is COc1ccc2ccccc2c1CN1CCC[C@@H](n2cc(C(=O)N(C)CCO)nn2)C1. The minimum absolute atomic E-state index is 0.0778. The van der Waals surface area contributed by atoms with Gasteiger partial charge in [0.25, 0.3) is 5.91 Å². The fourth-order valence-electron chi connectivity index (χ4n) is 4.28. The molecule has 1 atom stereocenters. The van der Waals surface area contributed by atoms with Gasteiger partial charge in [-0.1, -0.05) is 35.5 Å². The Bertz CT molecular complexity index is 1050. The number of aliphatic hydroxyl groups is 1. The number of aliphatic hydroxyl groups excluding tert-OH is 1. The Morgan fingerprint density at radius 2 is 2.13 bits per heavy atom. The number of hydrogen-bond donors (Lipinski definition) is 1. The van der Waals surface area contributed by atoms with Crippen LogP contribution in [0.4, 0.5) is 0 Å². The molecule has 0 bridgehead atoms. The maximum atomic E-state index is 12.4. The lowest BCUT2D eigenvalue weighted by molar-refractivity contribution is 0.0761. The van der Waals surface area contributed by atoms with Crippen LogP contribution < -0.4 is 4.74 Å². The Balaban J connectivity index is 1.50. The van der Waals surface area contributed by atoms with Gasteiger partial charge in [0.2, 0.25) is 0 Å². The van der Waals surface area contributed by atoms with Gasteiger partial charge in [0.1, 0.15) is 5.75 Å². The highest BCUT2D eigenvalue weighted by atomic mass is 16.5. The number of carbonyl (C=O) groups is 1. The lowest BCUT2D eigenvalue weighted by Crippen LogP contribution is -2.36. The second-order valence-electron chi connectivity index (χ2n) is 8.03. The summed E-state index contributed by atoms with van der Waals surface area (Å²) in [7, 11) is 3.37. The number of benzene rings is 2. The van der Waals surface area contributed by atoms with Crippen LogP contribution in [0, 0.1) is 0 Å². The van der Waals surface area contributed by atoms with Crippen molar-refractivity contribution in [3.8, 4) is 5.75 Å². The van der Waals surface area contributed by atoms with Crippen molar-refractivity contribution in [2.75, 3.05) is 40.4 Å². The lowest BCUT2D eigenvalue weighted by atomic mass is 10.0. The van der Waals surface area contributed by atoms with E-state index >= 15 is 0 Å². The first-order valence-electron chi connectivity index (χ1n) is 10.7. The van der Waals surface area contributed by atoms with Gasteiger partial charge < -0.3 is 14.7 Å². The molecule has 0 saturated carbocycles. The van der Waals surface area contributed by atoms with E-state index in [0.717, 1.165) is 38.2 Å². The van der Waals surface area contributed by atoms with Crippen LogP contribution in [0.1, 0.15) is 34.9 Å². The molecule has 3 aromatic rings. The second-order valence-corrected chi connectivity index (χ2v) is 8.03. The molecule has 164 valence electrons. The normalized spacial score (nSPS) is 17.1. The highest BCUT2D eigenvalue weighted by molar-refractivity contribution is 5.91. The molecule has 1 amide bonds. The van der Waals surface area contributed by atoms with Crippen molar-refractivity contribution in [1.29, 1.82) is 0 Å². The minimum Gasteiger partial charge on any atom is -0.496 e. The van der Waals surface area contributed by atoms with Gasteiger partial charge in [0, 0.05) is 32.2 Å². The third kappa shape index (κ3) is 4.55. The van der Waals surface area contributed by atoms with Gasteiger partial charge in [-0.25, -0.2) is 4.68 Å². The molecule has 1 aromatic heterocycles. The Labute approximate surface area is 182 Å². The summed E-state index contributed by atoms with van der Waals surface area (Å²) in [5, 5.41) is 19.8. The molecule has 1 fully saturated rings. The maximum Gasteiger partial charge on any atom is 0.275 e. The van der Waals surface area contributed by atoms with E-state index in [1.54, 1.807) is 20.4 Å². The molecular weight excluding hydrogens is 394 g/mol. The van der Waals surface area contributed by atoms with Gasteiger partial charge in [-0.3, -0.25) is 9.69 Å². The van der Waals surface area contributed by atoms with Gasteiger partial charge >= 0.3 is 0 Å². The zero-order chi connectivity index (χ0) is 21.8. The predicted molar refractivity (Wildman–Crippen MR) is 118 cm³/mol. The van der Waals surface area contributed by atoms with Crippen molar-refractivity contribution < 1.29 is 14.6 Å². The smallest absolute Gasteiger partial charge is 0.275 e. The number of methoxy groups -OCH3 is 1. The second kappa shape index (κ2) is 9.45. The highest BCUT2D eigenvalue weighted by Gasteiger charge is 2.25. The molecule has 2 heterocycles. The molecule has 31 heavy (non-hydrogen) atoms. The zero-order valence-corrected chi connectivity index (χ0v) is 18.1. The quantitative estimate of drug-likeness (QED) is 0.628. The summed E-state index contributed by atoms with van der Waals surface area (Å²) >= 11 is 0. The van der Waals surface area contributed by atoms with Crippen LogP contribution in [0.2, 0.25) is 0 Å². The van der Waals surface area contributed by atoms with Crippen molar-refractivity contribution in [2.45, 2.75) is 25.4 Å². The van der Waals surface area contributed by atoms with Crippen LogP contribution in [-0.2, 0) is 6.54 Å². The molecule has 1 aliphatic rings. The van der Waals surface area contributed by atoms with E-state index in [-0.39, 0.29) is 25.1 Å². The number of aromatic nitrogens is 3. The van der Waals surface area contributed by atoms with Crippen molar-refractivity contribution in [3.05, 3.63) is 53.9 Å². The molecule has 0 spiro atoms. The molecule has 0 aliphatic carbocycles. The van der Waals surface area contributed by atoms with E-state index in [4.69, 9.17) is 9.84 Å². The topological polar surface area (TPSA) is 83.7 Å². The minimum atomic E-state index is -0.228. The first-order chi connectivity index (χ1) is 15.1. The van der Waals surface area contributed by atoms with Crippen molar-refractivity contribution in [2.24, 2.45) is 0 Å². The first kappa shape index (κ1) is 21.3. The summed E-state index contributed by atoms with van der Waals surface area (Å²) in [6, 6.07) is 12.7. The molecule has 8 nitrogen and oxygen atoms in total. The summed E-state index contributed by atoms with van der Waals surface area (Å²) in [6.07, 6.45) is 3.76. The van der Waals surface area contributed by atoms with Crippen LogP contribution in [0.3, 0.4) is 0 Å². The van der Waals surface area contributed by atoms with Crippen LogP contribution in [0.5, 0.6) is 5.75 Å². The summed E-state index contributed by atoms with van der Waals surface area (Å²) in [6.45, 7) is 2.82. The first-order valence-corrected chi connectivity index (χ1v) is 10.7. The number of carbonyl (C=O) groups excluding carboxylic acids is 1. The van der Waals surface area contributed by atoms with Crippen LogP contribution >= 0.6 is 0 Å². The van der Waals surface area contributed by atoms with Crippen LogP contribution in [0.25, 0.3) is 10.8 Å². The summed E-state index contributed by atoms with van der Waals surface area (Å²) in [4.78, 5) is 16.3. The van der Waals surface area contributed by atoms with E-state index in [2.05, 4.69) is 45.5 Å². The van der Waals surface area contributed by atoms with Gasteiger partial charge in [-0.05, 0) is 36.2 Å². The largest absolute Gasteiger partial charge is 0.496 e. The number of piperidine rings is 1. The molecule has 0 radical (unpaired) electrons. The number of rotatable bonds is 7. The Kier molecular flexibility index (Phi) is 6.48. The van der Waals surface area contributed by atoms with E-state index in [1.165, 1.54) is 21.2 Å². The van der Waals surface area contributed by atoms with Gasteiger partial charge in [-0.15, -0.1) is 5.10 Å². The van der Waals surface area contributed by atoms with E-state index in [1.807, 2.05) is 10.7 Å². The third-order valence-electron chi connectivity index (χ3n) is 5.97. The predicted octanol–water partition coefficient (Wildman–Crippen LogP) is 2.34. The fourth-order valence-corrected chi connectivity index (χ4v) is 4.28. The van der Waals surface area contributed by atoms with Crippen LogP contribution in [-0.4, -0.2) is 76.2 Å². The standard InChI is InChI=1S/C23H29N5O3/c1-26(12-13-29)23(30)21-16-28(25-24-21)18-7-5-11-27(14-18)15-20-19-8-4-3-6-17(19)9-10-22(20)31-2/h3-4,6,8-10,16,18,29H,5,7,11-15H2,1-2H3/t18-/m1/s1. The number of hydrogen-bond acceptors (Lipinski definition) is 6. The van der Waals surface area contributed by atoms with Gasteiger partial charge in [0.05, 0.1) is 26.0 Å². The van der Waals surface area contributed by atoms with Crippen LogP contribution in [0.15, 0.2) is 42.6 Å². The van der Waals surface area contributed by atoms with Crippen molar-refractivity contribution >= 4 is 16.7 Å². The Hall–Kier alpha value is -2.97. The molecule has 2 aromatic carbocycles. The van der Waals surface area contributed by atoms with Gasteiger partial charge in [-0.2, -0.15) is 0 Å². The molecular formula is C23H29N5O3. The molecule has 1 saturated heterocycles. The number of likely N-dealkylation sites (N-methyl/N-ethyl adjacent to an activating group) is 1. The van der Waals surface area contributed by atoms with E-state index in [0.29, 0.717) is 5.69 Å². The molecule has 8 heteroatoms. The fraction of sp³-hybridized carbons (Fsp3) is 0.435. The summed E-state index contributed by atoms with van der Waals surface area (Å²) < 4.78 is 7.48. The highest BCUT2D eigenvalue weighted by Crippen LogP contribution is 2.31. The number of likely N-dealkylation sites (tertiary alicyclic amines) is 1. The zero-order valence-electron chi connectivity index (χ0n) is 18.1. The summed E-state index contributed by atoms with van der Waals surface area (Å²) in [5.74, 6) is 0.676. The monoisotopic (exact) mass is 423 g/mol. The molecule has 4 rings (SSSR count). The Morgan fingerprint density at radius 1 is 1.29 bits per heavy atom. The van der Waals surface area contributed by atoms with Crippen molar-refractivity contribution in [1.82, 2.24) is 24.8 Å². The lowest BCUT2D eigenvalue weighted by Gasteiger charge is -2.33. The van der Waals surface area contributed by atoms with Gasteiger partial charge in [0.15, 0.2) is 5.69 Å². The molecule has 1 aliphatic heterocycles. The Morgan fingerprint density at radius 3 is 2.94 bits per heavy atom. The maximum absolute atomic E-state index is 12.4. The average molecular weight is 424 g/mol. The summed E-state index contributed by atoms with van der Waals surface area (Å²) in [5.41, 5.74) is 1.50. The third-order valence-corrected chi connectivity index (χ3v) is 5.97. The van der Waals surface area contributed by atoms with E-state index in [9.17, 15) is 4.79 Å². The number of ether oxygens (including phenoxy) is 1. The molecule has 0 unspecified atom stereocenters. The molecule has 1 N–H and O–H groups in total. The number of fused-ring (bicyclic) bond motifs is 1. The van der Waals surface area contributed by atoms with Crippen molar-refractivity contribution in [3.63, 3.8) is 0 Å². The average Bonchev–Trinajstić information content (AvgIpc) is 3.29. The number of amides is 1. The number of nitrogens with zero attached hydrogens (tertiary/aromatic N) is 5.